The van der Waals surface area contributed by atoms with E-state index in [1.807, 2.05) is 50.2 Å². The Kier molecular flexibility index (Phi) is 6.19. The van der Waals surface area contributed by atoms with Gasteiger partial charge in [0.25, 0.3) is 0 Å². The molecule has 2 amide bonds. The van der Waals surface area contributed by atoms with Crippen LogP contribution in [0, 0.1) is 6.92 Å². The van der Waals surface area contributed by atoms with Gasteiger partial charge in [0, 0.05) is 33.5 Å². The van der Waals surface area contributed by atoms with E-state index >= 15 is 0 Å². The van der Waals surface area contributed by atoms with Crippen molar-refractivity contribution in [2.45, 2.75) is 18.7 Å². The Morgan fingerprint density at radius 2 is 1.50 bits per heavy atom. The summed E-state index contributed by atoms with van der Waals surface area (Å²) in [5.74, 6) is 0. The molecular weight excluding hydrogens is 445 g/mol. The molecule has 1 aliphatic heterocycles. The number of carbonyl (C=O) groups excluding carboxylic acids is 1. The summed E-state index contributed by atoms with van der Waals surface area (Å²) in [5, 5.41) is 13.5. The third kappa shape index (κ3) is 3.97. The predicted octanol–water partition coefficient (Wildman–Crippen LogP) is 5.52. The van der Waals surface area contributed by atoms with Gasteiger partial charge in [-0.05, 0) is 69.6 Å². The molecular formula is C25H25Cl2N3O2. The molecule has 2 atom stereocenters. The van der Waals surface area contributed by atoms with Gasteiger partial charge in [-0.2, -0.15) is 0 Å². The molecule has 0 radical (unpaired) electrons. The lowest BCUT2D eigenvalue weighted by molar-refractivity contribution is 0.0242. The van der Waals surface area contributed by atoms with Crippen molar-refractivity contribution in [2.75, 3.05) is 30.4 Å². The lowest BCUT2D eigenvalue weighted by Crippen LogP contribution is -2.53. The van der Waals surface area contributed by atoms with Crippen molar-refractivity contribution >= 4 is 40.6 Å². The second kappa shape index (κ2) is 8.75. The van der Waals surface area contributed by atoms with Gasteiger partial charge in [-0.3, -0.25) is 9.80 Å². The maximum atomic E-state index is 13.9. The molecule has 7 heteroatoms. The minimum Gasteiger partial charge on any atom is -0.365 e. The van der Waals surface area contributed by atoms with E-state index in [1.54, 1.807) is 53.4 Å². The predicted molar refractivity (Wildman–Crippen MR) is 131 cm³/mol. The Morgan fingerprint density at radius 3 is 2.03 bits per heavy atom. The highest BCUT2D eigenvalue weighted by Gasteiger charge is 2.58. The number of amides is 2. The Hall–Kier alpha value is -2.57. The first-order chi connectivity index (χ1) is 15.2. The Bertz CT molecular complexity index is 1120. The van der Waals surface area contributed by atoms with Crippen LogP contribution < -0.4 is 9.80 Å². The van der Waals surface area contributed by atoms with Gasteiger partial charge in [-0.1, -0.05) is 53.0 Å². The molecule has 32 heavy (non-hydrogen) atoms. The van der Waals surface area contributed by atoms with Crippen LogP contribution in [0.2, 0.25) is 10.0 Å². The molecule has 1 aliphatic rings. The van der Waals surface area contributed by atoms with E-state index in [1.165, 1.54) is 4.90 Å². The molecule has 1 N–H and O–H groups in total. The molecule has 1 unspecified atom stereocenters. The zero-order chi connectivity index (χ0) is 23.0. The summed E-state index contributed by atoms with van der Waals surface area (Å²) in [5.41, 5.74) is 1.23. The van der Waals surface area contributed by atoms with Gasteiger partial charge in [0.2, 0.25) is 0 Å². The van der Waals surface area contributed by atoms with Crippen molar-refractivity contribution in [2.24, 2.45) is 0 Å². The number of benzene rings is 3. The second-order valence-corrected chi connectivity index (χ2v) is 9.19. The first-order valence-corrected chi connectivity index (χ1v) is 11.1. The monoisotopic (exact) mass is 469 g/mol. The van der Waals surface area contributed by atoms with Gasteiger partial charge in [-0.15, -0.1) is 0 Å². The molecule has 0 aliphatic carbocycles. The molecule has 3 aromatic rings. The van der Waals surface area contributed by atoms with Gasteiger partial charge < -0.3 is 10.0 Å². The fraction of sp³-hybridized carbons (Fsp3) is 0.240. The molecule has 3 aromatic carbocycles. The topological polar surface area (TPSA) is 47.0 Å². The van der Waals surface area contributed by atoms with Crippen molar-refractivity contribution < 1.29 is 9.90 Å². The lowest BCUT2D eigenvalue weighted by Gasteiger charge is -2.38. The highest BCUT2D eigenvalue weighted by molar-refractivity contribution is 6.31. The summed E-state index contributed by atoms with van der Waals surface area (Å²) in [6.07, 6.45) is 0. The fourth-order valence-corrected chi connectivity index (χ4v) is 4.51. The summed E-state index contributed by atoms with van der Waals surface area (Å²) in [6, 6.07) is 20.7. The van der Waals surface area contributed by atoms with Crippen LogP contribution in [-0.4, -0.2) is 42.7 Å². The van der Waals surface area contributed by atoms with E-state index in [9.17, 15) is 9.90 Å². The van der Waals surface area contributed by atoms with Crippen molar-refractivity contribution in [3.05, 3.63) is 94.0 Å². The summed E-state index contributed by atoms with van der Waals surface area (Å²) in [4.78, 5) is 19.0. The van der Waals surface area contributed by atoms with Gasteiger partial charge in [0.15, 0.2) is 5.72 Å². The van der Waals surface area contributed by atoms with E-state index in [-0.39, 0.29) is 6.03 Å². The first kappa shape index (κ1) is 22.6. The number of hydrogen-bond donors (Lipinski definition) is 1. The number of halogens is 2. The van der Waals surface area contributed by atoms with Gasteiger partial charge in [0.1, 0.15) is 6.04 Å². The van der Waals surface area contributed by atoms with Crippen LogP contribution in [0.3, 0.4) is 0 Å². The molecule has 0 spiro atoms. The smallest absolute Gasteiger partial charge is 0.332 e. The van der Waals surface area contributed by atoms with E-state index in [2.05, 4.69) is 0 Å². The minimum atomic E-state index is -1.62. The standard InChI is InChI=1S/C25H25Cl2N3O2/c1-17-5-4-6-18(15-17)25(32)23(16-28(2)3)29(21-11-7-19(26)8-12-21)24(31)30(25)22-13-9-20(27)10-14-22/h4-15,23,32H,16H2,1-3H3/t23-,25?/m1/s1. The molecule has 1 fully saturated rings. The third-order valence-corrected chi connectivity index (χ3v) is 6.19. The van der Waals surface area contributed by atoms with E-state index in [4.69, 9.17) is 23.2 Å². The summed E-state index contributed by atoms with van der Waals surface area (Å²) >= 11 is 12.2. The zero-order valence-electron chi connectivity index (χ0n) is 18.2. The molecule has 0 saturated carbocycles. The molecule has 1 heterocycles. The number of anilines is 2. The quantitative estimate of drug-likeness (QED) is 0.534. The summed E-state index contributed by atoms with van der Waals surface area (Å²) in [7, 11) is 3.85. The van der Waals surface area contributed by atoms with E-state index in [0.717, 1.165) is 5.56 Å². The van der Waals surface area contributed by atoms with Crippen molar-refractivity contribution in [1.82, 2.24) is 4.90 Å². The fourth-order valence-electron chi connectivity index (χ4n) is 4.26. The van der Waals surface area contributed by atoms with Gasteiger partial charge in [-0.25, -0.2) is 4.79 Å². The lowest BCUT2D eigenvalue weighted by atomic mass is 9.92. The number of likely N-dealkylation sites (N-methyl/N-ethyl adjacent to an activating group) is 1. The minimum absolute atomic E-state index is 0.328. The average Bonchev–Trinajstić information content (AvgIpc) is 2.97. The number of urea groups is 1. The number of rotatable bonds is 5. The Balaban J connectivity index is 1.96. The summed E-state index contributed by atoms with van der Waals surface area (Å²) < 4.78 is 0. The van der Waals surface area contributed by atoms with Crippen LogP contribution in [0.15, 0.2) is 72.8 Å². The van der Waals surface area contributed by atoms with E-state index < -0.39 is 11.8 Å². The zero-order valence-corrected chi connectivity index (χ0v) is 19.7. The van der Waals surface area contributed by atoms with Crippen LogP contribution in [0.1, 0.15) is 11.1 Å². The molecule has 1 saturated heterocycles. The molecule has 0 aromatic heterocycles. The molecule has 0 bridgehead atoms. The van der Waals surface area contributed by atoms with Gasteiger partial charge in [0.05, 0.1) is 0 Å². The maximum absolute atomic E-state index is 13.9. The van der Waals surface area contributed by atoms with E-state index in [0.29, 0.717) is 33.5 Å². The number of hydrogen-bond acceptors (Lipinski definition) is 3. The Morgan fingerprint density at radius 1 is 0.938 bits per heavy atom. The van der Waals surface area contributed by atoms with Gasteiger partial charge >= 0.3 is 6.03 Å². The number of aliphatic hydroxyl groups is 1. The van der Waals surface area contributed by atoms with Crippen molar-refractivity contribution in [1.29, 1.82) is 0 Å². The van der Waals surface area contributed by atoms with Crippen LogP contribution >= 0.6 is 23.2 Å². The third-order valence-electron chi connectivity index (χ3n) is 5.69. The number of carbonyl (C=O) groups is 1. The highest BCUT2D eigenvalue weighted by atomic mass is 35.5. The van der Waals surface area contributed by atoms with Crippen LogP contribution in [0.25, 0.3) is 0 Å². The van der Waals surface area contributed by atoms with Crippen LogP contribution in [-0.2, 0) is 5.72 Å². The van der Waals surface area contributed by atoms with Crippen molar-refractivity contribution in [3.63, 3.8) is 0 Å². The molecule has 166 valence electrons. The largest absolute Gasteiger partial charge is 0.365 e. The molecule has 4 rings (SSSR count). The molecule has 5 nitrogen and oxygen atoms in total. The maximum Gasteiger partial charge on any atom is 0.332 e. The number of nitrogens with zero attached hydrogens (tertiary/aromatic N) is 3. The first-order valence-electron chi connectivity index (χ1n) is 10.3. The summed E-state index contributed by atoms with van der Waals surface area (Å²) in [6.45, 7) is 2.40. The van der Waals surface area contributed by atoms with Crippen LogP contribution in [0.5, 0.6) is 0 Å². The Labute approximate surface area is 198 Å². The van der Waals surface area contributed by atoms with Crippen molar-refractivity contribution in [3.8, 4) is 0 Å². The van der Waals surface area contributed by atoms with Crippen LogP contribution in [0.4, 0.5) is 16.2 Å². The normalized spacial score (nSPS) is 21.0. The second-order valence-electron chi connectivity index (χ2n) is 8.31. The SMILES string of the molecule is Cc1cccc(C2(O)[C@@H](CN(C)C)N(c3ccc(Cl)cc3)C(=O)N2c2ccc(Cl)cc2)c1. The highest BCUT2D eigenvalue weighted by Crippen LogP contribution is 2.45. The average molecular weight is 470 g/mol. The number of aryl methyl sites for hydroxylation is 1.